The molecule has 0 saturated carbocycles. The molecule has 0 aliphatic heterocycles. The first-order chi connectivity index (χ1) is 8.65. The molecule has 0 radical (unpaired) electrons. The Morgan fingerprint density at radius 2 is 1.50 bits per heavy atom. The highest BCUT2D eigenvalue weighted by Crippen LogP contribution is 2.22. The molecular weight excluding hydrogens is 228 g/mol. The Balaban J connectivity index is 2.12. The molecule has 0 unspecified atom stereocenters. The van der Waals surface area contributed by atoms with Gasteiger partial charge in [-0.2, -0.15) is 0 Å². The molecule has 0 aliphatic carbocycles. The van der Waals surface area contributed by atoms with Crippen LogP contribution in [0.5, 0.6) is 0 Å². The van der Waals surface area contributed by atoms with Crippen molar-refractivity contribution in [3.05, 3.63) is 48.5 Å². The Bertz CT molecular complexity index is 533. The molecule has 0 heterocycles. The van der Waals surface area contributed by atoms with Crippen molar-refractivity contribution in [1.29, 1.82) is 0 Å². The zero-order valence-electron chi connectivity index (χ0n) is 10.0. The first kappa shape index (κ1) is 12.0. The number of carbonyl (C=O) groups is 1. The Hall–Kier alpha value is -2.49. The van der Waals surface area contributed by atoms with E-state index in [1.54, 1.807) is 0 Å². The lowest BCUT2D eigenvalue weighted by Crippen LogP contribution is -2.05. The van der Waals surface area contributed by atoms with Crippen molar-refractivity contribution in [2.75, 3.05) is 11.2 Å². The standard InChI is InChI=1S/C14H14N2O2/c1-10(17)18-16-14-8-4-12(5-9-14)11-2-6-13(15)7-3-11/h2-9,16H,15H2,1H3. The third-order valence-corrected chi connectivity index (χ3v) is 2.44. The zero-order valence-corrected chi connectivity index (χ0v) is 10.0. The van der Waals surface area contributed by atoms with Crippen LogP contribution >= 0.6 is 0 Å². The highest BCUT2D eigenvalue weighted by Gasteiger charge is 1.99. The van der Waals surface area contributed by atoms with E-state index in [0.717, 1.165) is 22.5 Å². The molecule has 18 heavy (non-hydrogen) atoms. The fourth-order valence-electron chi connectivity index (χ4n) is 1.54. The Morgan fingerprint density at radius 1 is 1.00 bits per heavy atom. The van der Waals surface area contributed by atoms with Gasteiger partial charge in [-0.1, -0.05) is 24.3 Å². The predicted molar refractivity (Wildman–Crippen MR) is 71.7 cm³/mol. The molecule has 92 valence electrons. The lowest BCUT2D eigenvalue weighted by atomic mass is 10.1. The number of nitrogen functional groups attached to an aromatic ring is 1. The molecule has 0 amide bonds. The molecule has 0 aromatic heterocycles. The second-order valence-electron chi connectivity index (χ2n) is 3.90. The van der Waals surface area contributed by atoms with Crippen LogP contribution in [0.4, 0.5) is 11.4 Å². The Kier molecular flexibility index (Phi) is 3.48. The van der Waals surface area contributed by atoms with Gasteiger partial charge in [-0.05, 0) is 35.4 Å². The van der Waals surface area contributed by atoms with Gasteiger partial charge in [0.15, 0.2) is 0 Å². The molecule has 2 aromatic carbocycles. The van der Waals surface area contributed by atoms with Gasteiger partial charge in [-0.3, -0.25) is 4.79 Å². The number of hydrogen-bond donors (Lipinski definition) is 2. The van der Waals surface area contributed by atoms with Crippen molar-refractivity contribution in [3.8, 4) is 11.1 Å². The number of benzene rings is 2. The van der Waals surface area contributed by atoms with E-state index in [-0.39, 0.29) is 5.97 Å². The molecule has 4 nitrogen and oxygen atoms in total. The van der Waals surface area contributed by atoms with Crippen LogP contribution in [-0.4, -0.2) is 5.97 Å². The van der Waals surface area contributed by atoms with Crippen LogP contribution in [0.25, 0.3) is 11.1 Å². The maximum absolute atomic E-state index is 10.6. The maximum atomic E-state index is 10.6. The average Bonchev–Trinajstić information content (AvgIpc) is 2.38. The summed E-state index contributed by atoms with van der Waals surface area (Å²) in [6, 6.07) is 15.2. The van der Waals surface area contributed by atoms with Gasteiger partial charge in [0.2, 0.25) is 0 Å². The minimum Gasteiger partial charge on any atom is -0.399 e. The summed E-state index contributed by atoms with van der Waals surface area (Å²) in [5, 5.41) is 0. The molecule has 0 bridgehead atoms. The molecule has 0 saturated heterocycles. The molecule has 0 aliphatic rings. The molecular formula is C14H14N2O2. The quantitative estimate of drug-likeness (QED) is 0.641. The van der Waals surface area contributed by atoms with E-state index < -0.39 is 0 Å². The van der Waals surface area contributed by atoms with Crippen molar-refractivity contribution >= 4 is 17.3 Å². The number of nitrogens with one attached hydrogen (secondary N) is 1. The minimum absolute atomic E-state index is 0.377. The summed E-state index contributed by atoms with van der Waals surface area (Å²) in [7, 11) is 0. The fraction of sp³-hybridized carbons (Fsp3) is 0.0714. The first-order valence-corrected chi connectivity index (χ1v) is 5.54. The van der Waals surface area contributed by atoms with Crippen molar-refractivity contribution < 1.29 is 9.63 Å². The van der Waals surface area contributed by atoms with Gasteiger partial charge < -0.3 is 10.6 Å². The second kappa shape index (κ2) is 5.23. The van der Waals surface area contributed by atoms with Gasteiger partial charge in [-0.15, -0.1) is 0 Å². The van der Waals surface area contributed by atoms with Crippen LogP contribution in [0.2, 0.25) is 0 Å². The smallest absolute Gasteiger partial charge is 0.329 e. The van der Waals surface area contributed by atoms with Gasteiger partial charge in [-0.25, -0.2) is 5.48 Å². The number of hydrogen-bond acceptors (Lipinski definition) is 4. The minimum atomic E-state index is -0.377. The summed E-state index contributed by atoms with van der Waals surface area (Å²) in [6.45, 7) is 1.34. The topological polar surface area (TPSA) is 64.3 Å². The SMILES string of the molecule is CC(=O)ONc1ccc(-c2ccc(N)cc2)cc1. The monoisotopic (exact) mass is 242 g/mol. The average molecular weight is 242 g/mol. The summed E-state index contributed by atoms with van der Waals surface area (Å²) < 4.78 is 0. The third-order valence-electron chi connectivity index (χ3n) is 2.44. The molecule has 3 N–H and O–H groups in total. The van der Waals surface area contributed by atoms with Crippen LogP contribution in [0.15, 0.2) is 48.5 Å². The highest BCUT2D eigenvalue weighted by molar-refractivity contribution is 5.69. The Morgan fingerprint density at radius 3 is 2.00 bits per heavy atom. The second-order valence-corrected chi connectivity index (χ2v) is 3.90. The van der Waals surface area contributed by atoms with E-state index in [1.807, 2.05) is 48.5 Å². The van der Waals surface area contributed by atoms with Gasteiger partial charge >= 0.3 is 5.97 Å². The van der Waals surface area contributed by atoms with E-state index in [0.29, 0.717) is 0 Å². The normalized spacial score (nSPS) is 9.83. The van der Waals surface area contributed by atoms with E-state index >= 15 is 0 Å². The molecule has 2 aromatic rings. The van der Waals surface area contributed by atoms with Crippen molar-refractivity contribution in [2.24, 2.45) is 0 Å². The van der Waals surface area contributed by atoms with Gasteiger partial charge in [0, 0.05) is 12.6 Å². The van der Waals surface area contributed by atoms with E-state index in [4.69, 9.17) is 5.73 Å². The summed E-state index contributed by atoms with van der Waals surface area (Å²) >= 11 is 0. The zero-order chi connectivity index (χ0) is 13.0. The van der Waals surface area contributed by atoms with Crippen molar-refractivity contribution in [2.45, 2.75) is 6.92 Å². The van der Waals surface area contributed by atoms with Crippen LogP contribution < -0.4 is 11.2 Å². The lowest BCUT2D eigenvalue weighted by Gasteiger charge is -2.06. The lowest BCUT2D eigenvalue weighted by molar-refractivity contribution is -0.138. The number of carbonyl (C=O) groups excluding carboxylic acids is 1. The molecule has 0 fully saturated rings. The molecule has 4 heteroatoms. The number of rotatable bonds is 3. The highest BCUT2D eigenvalue weighted by atomic mass is 16.7. The summed E-state index contributed by atoms with van der Waals surface area (Å²) in [5.74, 6) is -0.377. The maximum Gasteiger partial charge on any atom is 0.329 e. The van der Waals surface area contributed by atoms with E-state index in [1.165, 1.54) is 6.92 Å². The largest absolute Gasteiger partial charge is 0.399 e. The molecule has 0 atom stereocenters. The molecule has 0 spiro atoms. The van der Waals surface area contributed by atoms with Crippen LogP contribution in [0.3, 0.4) is 0 Å². The number of anilines is 2. The van der Waals surface area contributed by atoms with Gasteiger partial charge in [0.25, 0.3) is 0 Å². The van der Waals surface area contributed by atoms with Gasteiger partial charge in [0.05, 0.1) is 5.69 Å². The van der Waals surface area contributed by atoms with Crippen LogP contribution in [0.1, 0.15) is 6.92 Å². The van der Waals surface area contributed by atoms with Crippen LogP contribution in [-0.2, 0) is 9.63 Å². The molecule has 2 rings (SSSR count). The Labute approximate surface area is 105 Å². The summed E-state index contributed by atoms with van der Waals surface area (Å²) in [5.41, 5.74) is 11.8. The van der Waals surface area contributed by atoms with E-state index in [2.05, 4.69) is 10.3 Å². The first-order valence-electron chi connectivity index (χ1n) is 5.54. The fourth-order valence-corrected chi connectivity index (χ4v) is 1.54. The van der Waals surface area contributed by atoms with Gasteiger partial charge in [0.1, 0.15) is 0 Å². The predicted octanol–water partition coefficient (Wildman–Crippen LogP) is 2.83. The number of nitrogens with two attached hydrogens (primary N) is 1. The van der Waals surface area contributed by atoms with Crippen molar-refractivity contribution in [1.82, 2.24) is 0 Å². The summed E-state index contributed by atoms with van der Waals surface area (Å²) in [4.78, 5) is 15.3. The van der Waals surface area contributed by atoms with E-state index in [9.17, 15) is 4.79 Å². The van der Waals surface area contributed by atoms with Crippen LogP contribution in [0, 0.1) is 0 Å². The summed E-state index contributed by atoms with van der Waals surface area (Å²) in [6.07, 6.45) is 0. The third kappa shape index (κ3) is 3.01. The van der Waals surface area contributed by atoms with Crippen molar-refractivity contribution in [3.63, 3.8) is 0 Å².